The Kier molecular flexibility index (Phi) is 5.14. The summed E-state index contributed by atoms with van der Waals surface area (Å²) >= 11 is 1.40. The molecule has 3 saturated heterocycles. The zero-order valence-corrected chi connectivity index (χ0v) is 15.8. The second-order valence-corrected chi connectivity index (χ2v) is 9.07. The van der Waals surface area contributed by atoms with Gasteiger partial charge < -0.3 is 9.64 Å². The molecule has 8 heteroatoms. The van der Waals surface area contributed by atoms with Crippen LogP contribution in [0.1, 0.15) is 24.0 Å². The molecule has 0 unspecified atom stereocenters. The number of hydrogen-bond acceptors (Lipinski definition) is 5. The van der Waals surface area contributed by atoms with E-state index in [1.165, 1.54) is 18.0 Å². The summed E-state index contributed by atoms with van der Waals surface area (Å²) in [5.74, 6) is 0.743. The Hall–Kier alpha value is -1.27. The first kappa shape index (κ1) is 19.1. The molecule has 1 aromatic rings. The van der Waals surface area contributed by atoms with E-state index in [2.05, 4.69) is 9.21 Å². The number of hydrogen-bond donors (Lipinski definition) is 0. The van der Waals surface area contributed by atoms with Crippen molar-refractivity contribution in [2.45, 2.75) is 23.9 Å². The number of alkyl halides is 3. The van der Waals surface area contributed by atoms with Gasteiger partial charge in [-0.15, -0.1) is 0 Å². The largest absolute Gasteiger partial charge is 0.416 e. The van der Waals surface area contributed by atoms with E-state index in [-0.39, 0.29) is 5.56 Å². The molecule has 27 heavy (non-hydrogen) atoms. The summed E-state index contributed by atoms with van der Waals surface area (Å²) in [6.45, 7) is 6.95. The van der Waals surface area contributed by atoms with Gasteiger partial charge in [0.1, 0.15) is 6.07 Å². The summed E-state index contributed by atoms with van der Waals surface area (Å²) in [5.41, 5.74) is -0.353. The Morgan fingerprint density at radius 1 is 1.19 bits per heavy atom. The van der Waals surface area contributed by atoms with E-state index in [4.69, 9.17) is 4.74 Å². The van der Waals surface area contributed by atoms with Crippen molar-refractivity contribution < 1.29 is 17.9 Å². The number of halogens is 3. The minimum Gasteiger partial charge on any atom is -0.381 e. The first-order valence-electron chi connectivity index (χ1n) is 9.21. The Morgan fingerprint density at radius 3 is 2.52 bits per heavy atom. The smallest absolute Gasteiger partial charge is 0.381 e. The number of nitrogens with zero attached hydrogens (tertiary/aromatic N) is 3. The monoisotopic (exact) mass is 397 g/mol. The van der Waals surface area contributed by atoms with Gasteiger partial charge in [0.25, 0.3) is 0 Å². The summed E-state index contributed by atoms with van der Waals surface area (Å²) < 4.78 is 45.9. The SMILES string of the molecule is N#Cc1cc(C(F)(F)F)ccc1SN1CC2(CN(CC3CCOCC3)C2)C1. The molecule has 1 aromatic carbocycles. The topological polar surface area (TPSA) is 39.5 Å². The van der Waals surface area contributed by atoms with E-state index in [1.807, 2.05) is 6.07 Å². The maximum atomic E-state index is 12.8. The van der Waals surface area contributed by atoms with Crippen LogP contribution < -0.4 is 0 Å². The molecular weight excluding hydrogens is 375 g/mol. The molecular formula is C19H22F3N3OS. The average Bonchev–Trinajstić information content (AvgIpc) is 2.58. The lowest BCUT2D eigenvalue weighted by Gasteiger charge is -2.60. The van der Waals surface area contributed by atoms with Gasteiger partial charge in [0.15, 0.2) is 0 Å². The molecule has 3 aliphatic heterocycles. The summed E-state index contributed by atoms with van der Waals surface area (Å²) in [7, 11) is 0. The number of ether oxygens (including phenoxy) is 1. The van der Waals surface area contributed by atoms with Crippen molar-refractivity contribution in [3.63, 3.8) is 0 Å². The number of likely N-dealkylation sites (tertiary alicyclic amines) is 1. The van der Waals surface area contributed by atoms with Crippen LogP contribution in [-0.4, -0.2) is 55.1 Å². The van der Waals surface area contributed by atoms with Crippen LogP contribution in [0.25, 0.3) is 0 Å². The zero-order chi connectivity index (χ0) is 19.1. The van der Waals surface area contributed by atoms with Gasteiger partial charge in [0.2, 0.25) is 0 Å². The minimum atomic E-state index is -4.42. The quantitative estimate of drug-likeness (QED) is 0.726. The normalized spacial score (nSPS) is 23.6. The van der Waals surface area contributed by atoms with Crippen molar-refractivity contribution in [1.29, 1.82) is 5.26 Å². The third-order valence-corrected chi connectivity index (χ3v) is 6.72. The lowest BCUT2D eigenvalue weighted by atomic mass is 9.74. The molecule has 3 aliphatic rings. The first-order valence-corrected chi connectivity index (χ1v) is 9.99. The maximum absolute atomic E-state index is 12.8. The molecule has 0 amide bonds. The first-order chi connectivity index (χ1) is 12.9. The van der Waals surface area contributed by atoms with E-state index < -0.39 is 11.7 Å². The number of nitriles is 1. The molecule has 0 saturated carbocycles. The highest BCUT2D eigenvalue weighted by Gasteiger charge is 2.52. The molecule has 1 spiro atoms. The standard InChI is InChI=1S/C19H22F3N3OS/c20-19(21,22)16-1-2-17(15(7-16)8-23)27-25-12-18(13-25)10-24(11-18)9-14-3-5-26-6-4-14/h1-2,7,14H,3-6,9-13H2. The second kappa shape index (κ2) is 7.28. The van der Waals surface area contributed by atoms with Crippen molar-refractivity contribution >= 4 is 11.9 Å². The van der Waals surface area contributed by atoms with Gasteiger partial charge in [-0.25, -0.2) is 4.31 Å². The zero-order valence-electron chi connectivity index (χ0n) is 15.0. The fraction of sp³-hybridized carbons (Fsp3) is 0.632. The molecule has 3 fully saturated rings. The van der Waals surface area contributed by atoms with Crippen molar-refractivity contribution in [2.75, 3.05) is 45.9 Å². The molecule has 0 radical (unpaired) electrons. The predicted octanol–water partition coefficient (Wildman–Crippen LogP) is 3.63. The lowest BCUT2D eigenvalue weighted by Crippen LogP contribution is -2.70. The third-order valence-electron chi connectivity index (χ3n) is 5.65. The van der Waals surface area contributed by atoms with Gasteiger partial charge in [-0.2, -0.15) is 18.4 Å². The maximum Gasteiger partial charge on any atom is 0.416 e. The lowest BCUT2D eigenvalue weighted by molar-refractivity contribution is -0.137. The van der Waals surface area contributed by atoms with Crippen molar-refractivity contribution in [1.82, 2.24) is 9.21 Å². The van der Waals surface area contributed by atoms with Gasteiger partial charge in [0, 0.05) is 56.2 Å². The molecule has 4 nitrogen and oxygen atoms in total. The fourth-order valence-electron chi connectivity index (χ4n) is 4.30. The highest BCUT2D eigenvalue weighted by atomic mass is 32.2. The number of rotatable bonds is 4. The van der Waals surface area contributed by atoms with Crippen LogP contribution >= 0.6 is 11.9 Å². The second-order valence-electron chi connectivity index (χ2n) is 7.94. The molecule has 3 heterocycles. The van der Waals surface area contributed by atoms with Crippen LogP contribution in [0.4, 0.5) is 13.2 Å². The molecule has 146 valence electrons. The van der Waals surface area contributed by atoms with Gasteiger partial charge >= 0.3 is 6.18 Å². The molecule has 0 bridgehead atoms. The van der Waals surface area contributed by atoms with E-state index >= 15 is 0 Å². The Morgan fingerprint density at radius 2 is 1.89 bits per heavy atom. The fourth-order valence-corrected chi connectivity index (χ4v) is 5.59. The minimum absolute atomic E-state index is 0.0885. The van der Waals surface area contributed by atoms with E-state index in [1.54, 1.807) is 0 Å². The van der Waals surface area contributed by atoms with Crippen molar-refractivity contribution in [3.05, 3.63) is 29.3 Å². The van der Waals surface area contributed by atoms with E-state index in [0.29, 0.717) is 10.3 Å². The van der Waals surface area contributed by atoms with Gasteiger partial charge in [0.05, 0.1) is 11.1 Å². The van der Waals surface area contributed by atoms with Crippen molar-refractivity contribution in [2.24, 2.45) is 11.3 Å². The van der Waals surface area contributed by atoms with Gasteiger partial charge in [-0.05, 0) is 48.9 Å². The van der Waals surface area contributed by atoms with E-state index in [0.717, 1.165) is 76.8 Å². The van der Waals surface area contributed by atoms with E-state index in [9.17, 15) is 18.4 Å². The van der Waals surface area contributed by atoms with Gasteiger partial charge in [-0.3, -0.25) is 0 Å². The molecule has 0 N–H and O–H groups in total. The molecule has 4 rings (SSSR count). The van der Waals surface area contributed by atoms with Crippen LogP contribution in [0, 0.1) is 22.7 Å². The summed E-state index contributed by atoms with van der Waals surface area (Å²) in [5, 5.41) is 9.20. The van der Waals surface area contributed by atoms with Crippen LogP contribution in [0.3, 0.4) is 0 Å². The van der Waals surface area contributed by atoms with Crippen molar-refractivity contribution in [3.8, 4) is 6.07 Å². The highest BCUT2D eigenvalue weighted by Crippen LogP contribution is 2.45. The number of benzene rings is 1. The molecule has 0 aliphatic carbocycles. The summed E-state index contributed by atoms with van der Waals surface area (Å²) in [4.78, 5) is 3.11. The van der Waals surface area contributed by atoms with Crippen LogP contribution in [0.2, 0.25) is 0 Å². The molecule has 0 atom stereocenters. The summed E-state index contributed by atoms with van der Waals surface area (Å²) in [6.07, 6.45) is -2.12. The van der Waals surface area contributed by atoms with Crippen LogP contribution in [0.15, 0.2) is 23.1 Å². The Labute approximate surface area is 161 Å². The van der Waals surface area contributed by atoms with Crippen LogP contribution in [-0.2, 0) is 10.9 Å². The van der Waals surface area contributed by atoms with Crippen LogP contribution in [0.5, 0.6) is 0 Å². The predicted molar refractivity (Wildman–Crippen MR) is 96.0 cm³/mol. The molecule has 0 aromatic heterocycles. The summed E-state index contributed by atoms with van der Waals surface area (Å²) in [6, 6.07) is 5.30. The highest BCUT2D eigenvalue weighted by molar-refractivity contribution is 7.97. The third kappa shape index (κ3) is 4.11. The Balaban J connectivity index is 1.27. The Bertz CT molecular complexity index is 729. The van der Waals surface area contributed by atoms with Gasteiger partial charge in [-0.1, -0.05) is 0 Å². The average molecular weight is 397 g/mol.